The number of ketones is 1. The number of carboxylic acid groups (broad SMARTS) is 1. The molecule has 0 unspecified atom stereocenters. The van der Waals surface area contributed by atoms with Crippen molar-refractivity contribution in [2.24, 2.45) is 0 Å². The summed E-state index contributed by atoms with van der Waals surface area (Å²) >= 11 is 12.4. The van der Waals surface area contributed by atoms with Crippen LogP contribution in [-0.4, -0.2) is 50.0 Å². The quantitative estimate of drug-likeness (QED) is 0.218. The number of carbonyl (C=O) groups is 4. The highest BCUT2D eigenvalue weighted by atomic mass is 35.5. The molecule has 0 radical (unpaired) electrons. The van der Waals surface area contributed by atoms with E-state index in [1.54, 1.807) is 60.7 Å². The second-order valence-electron chi connectivity index (χ2n) is 8.78. The lowest BCUT2D eigenvalue weighted by molar-refractivity contribution is -0.137. The van der Waals surface area contributed by atoms with Crippen molar-refractivity contribution >= 4 is 57.0 Å². The molecule has 0 aliphatic carbocycles. The molecule has 0 aliphatic rings. The van der Waals surface area contributed by atoms with Gasteiger partial charge in [0, 0.05) is 13.0 Å². The molecular weight excluding hydrogens is 611 g/mol. The lowest BCUT2D eigenvalue weighted by Gasteiger charge is -2.17. The monoisotopic (exact) mass is 636 g/mol. The third-order valence-electron chi connectivity index (χ3n) is 5.74. The van der Waals surface area contributed by atoms with Crippen molar-refractivity contribution in [3.05, 3.63) is 99.5 Å². The highest BCUT2D eigenvalue weighted by molar-refractivity contribution is 7.89. The Hall–Kier alpha value is -3.97. The Balaban J connectivity index is 1.67. The van der Waals surface area contributed by atoms with E-state index in [2.05, 4.69) is 10.0 Å². The van der Waals surface area contributed by atoms with Crippen LogP contribution < -0.4 is 10.0 Å². The number of benzene rings is 3. The number of rotatable bonds is 14. The fourth-order valence-electron chi connectivity index (χ4n) is 3.58. The minimum Gasteiger partial charge on any atom is -0.481 e. The van der Waals surface area contributed by atoms with Gasteiger partial charge in [-0.2, -0.15) is 0 Å². The van der Waals surface area contributed by atoms with E-state index in [4.69, 9.17) is 37.8 Å². The summed E-state index contributed by atoms with van der Waals surface area (Å²) in [5.41, 5.74) is 0.869. The molecule has 14 heteroatoms. The van der Waals surface area contributed by atoms with Crippen LogP contribution in [0.3, 0.4) is 0 Å². The van der Waals surface area contributed by atoms with Crippen LogP contribution in [0, 0.1) is 0 Å². The summed E-state index contributed by atoms with van der Waals surface area (Å²) in [7, 11) is -4.19. The Labute approximate surface area is 251 Å². The van der Waals surface area contributed by atoms with Gasteiger partial charge >= 0.3 is 18.0 Å². The first-order valence-electron chi connectivity index (χ1n) is 12.4. The first-order chi connectivity index (χ1) is 20.0. The topological polar surface area (TPSA) is 165 Å². The smallest absolute Gasteiger partial charge is 0.408 e. The fourth-order valence-corrected chi connectivity index (χ4v) is 5.50. The molecule has 0 saturated carbocycles. The highest BCUT2D eigenvalue weighted by Gasteiger charge is 2.28. The predicted molar refractivity (Wildman–Crippen MR) is 153 cm³/mol. The maximum atomic E-state index is 12.9. The van der Waals surface area contributed by atoms with Crippen LogP contribution >= 0.6 is 23.2 Å². The largest absolute Gasteiger partial charge is 0.481 e. The minimum atomic E-state index is -4.19. The summed E-state index contributed by atoms with van der Waals surface area (Å²) in [4.78, 5) is 48.5. The molecule has 11 nitrogen and oxygen atoms in total. The Morgan fingerprint density at radius 1 is 0.857 bits per heavy atom. The first-order valence-corrected chi connectivity index (χ1v) is 14.6. The zero-order valence-corrected chi connectivity index (χ0v) is 24.2. The Bertz CT molecular complexity index is 1540. The summed E-state index contributed by atoms with van der Waals surface area (Å²) in [5, 5.41) is 10.6. The van der Waals surface area contributed by atoms with Crippen molar-refractivity contribution in [1.29, 1.82) is 0 Å². The van der Waals surface area contributed by atoms with Crippen LogP contribution in [0.5, 0.6) is 0 Å². The van der Waals surface area contributed by atoms with Gasteiger partial charge in [-0.05, 0) is 29.7 Å². The highest BCUT2D eigenvalue weighted by Crippen LogP contribution is 2.32. The molecule has 0 aromatic heterocycles. The van der Waals surface area contributed by atoms with E-state index in [0.717, 1.165) is 12.1 Å². The van der Waals surface area contributed by atoms with Gasteiger partial charge in [0.1, 0.15) is 11.5 Å². The Morgan fingerprint density at radius 3 is 2.10 bits per heavy atom. The predicted octanol–water partition coefficient (Wildman–Crippen LogP) is 4.36. The van der Waals surface area contributed by atoms with Gasteiger partial charge in [-0.3, -0.25) is 9.59 Å². The van der Waals surface area contributed by atoms with Crippen LogP contribution in [-0.2, 0) is 42.2 Å². The standard InChI is InChI=1S/C28H26Cl2N2O9S/c29-20-11-13-23(42(38,39)31-15-18-7-3-1-4-8-18)26(30)25(20)27(36)40-17-22(33)21(12-14-24(34)35)32-28(37)41-16-19-9-5-2-6-10-19/h1-11,13,21,31H,12,14-17H2,(H,32,37)(H,34,35)/t21-/m0/s1. The first kappa shape index (κ1) is 32.5. The molecule has 0 saturated heterocycles. The van der Waals surface area contributed by atoms with Crippen molar-refractivity contribution < 1.29 is 42.2 Å². The molecule has 42 heavy (non-hydrogen) atoms. The van der Waals surface area contributed by atoms with Gasteiger partial charge in [0.25, 0.3) is 0 Å². The number of sulfonamides is 1. The Kier molecular flexibility index (Phi) is 11.9. The van der Waals surface area contributed by atoms with E-state index in [1.165, 1.54) is 0 Å². The van der Waals surface area contributed by atoms with Crippen molar-refractivity contribution in [2.75, 3.05) is 6.61 Å². The summed E-state index contributed by atoms with van der Waals surface area (Å²) in [6.07, 6.45) is -1.77. The van der Waals surface area contributed by atoms with Gasteiger partial charge in [-0.25, -0.2) is 22.7 Å². The van der Waals surface area contributed by atoms with Crippen molar-refractivity contribution in [3.63, 3.8) is 0 Å². The van der Waals surface area contributed by atoms with Crippen LogP contribution in [0.25, 0.3) is 0 Å². The molecule has 3 rings (SSSR count). The SMILES string of the molecule is O=C(O)CC[C@H](NC(=O)OCc1ccccc1)C(=O)COC(=O)c1c(Cl)ccc(S(=O)(=O)NCc2ccccc2)c1Cl. The van der Waals surface area contributed by atoms with E-state index >= 15 is 0 Å². The number of hydrogen-bond donors (Lipinski definition) is 3. The number of hydrogen-bond acceptors (Lipinski definition) is 8. The van der Waals surface area contributed by atoms with E-state index in [-0.39, 0.29) is 24.6 Å². The van der Waals surface area contributed by atoms with Crippen molar-refractivity contribution in [2.45, 2.75) is 36.9 Å². The van der Waals surface area contributed by atoms with Gasteiger partial charge in [0.2, 0.25) is 10.0 Å². The summed E-state index contributed by atoms with van der Waals surface area (Å²) in [6.45, 7) is -1.05. The molecule has 0 bridgehead atoms. The molecular formula is C28H26Cl2N2O9S. The summed E-state index contributed by atoms with van der Waals surface area (Å²) in [6, 6.07) is 18.3. The molecule has 3 aromatic carbocycles. The number of esters is 1. The second-order valence-corrected chi connectivity index (χ2v) is 11.3. The molecule has 0 aliphatic heterocycles. The van der Waals surface area contributed by atoms with Gasteiger partial charge in [0.05, 0.1) is 21.7 Å². The lowest BCUT2D eigenvalue weighted by atomic mass is 10.1. The van der Waals surface area contributed by atoms with E-state index in [1.807, 2.05) is 0 Å². The molecule has 0 spiro atoms. The average Bonchev–Trinajstić information content (AvgIpc) is 2.96. The number of Topliss-reactive ketones (excluding diaryl/α,β-unsaturated/α-hetero) is 1. The van der Waals surface area contributed by atoms with Crippen molar-refractivity contribution in [3.8, 4) is 0 Å². The number of aliphatic carboxylic acids is 1. The number of amides is 1. The molecule has 0 fully saturated rings. The lowest BCUT2D eigenvalue weighted by Crippen LogP contribution is -2.43. The summed E-state index contributed by atoms with van der Waals surface area (Å²) < 4.78 is 38.3. The number of nitrogens with one attached hydrogen (secondary N) is 2. The zero-order valence-electron chi connectivity index (χ0n) is 21.9. The second kappa shape index (κ2) is 15.3. The van der Waals surface area contributed by atoms with Crippen LogP contribution in [0.1, 0.15) is 34.3 Å². The van der Waals surface area contributed by atoms with Crippen LogP contribution in [0.15, 0.2) is 77.7 Å². The maximum absolute atomic E-state index is 12.9. The third-order valence-corrected chi connectivity index (χ3v) is 8.01. The molecule has 1 amide bonds. The van der Waals surface area contributed by atoms with Gasteiger partial charge in [-0.15, -0.1) is 0 Å². The third kappa shape index (κ3) is 9.55. The van der Waals surface area contributed by atoms with Gasteiger partial charge < -0.3 is 19.9 Å². The maximum Gasteiger partial charge on any atom is 0.408 e. The molecule has 0 heterocycles. The molecule has 3 N–H and O–H groups in total. The normalized spacial score (nSPS) is 11.8. The minimum absolute atomic E-state index is 0.0467. The number of halogens is 2. The molecule has 1 atom stereocenters. The fraction of sp³-hybridized carbons (Fsp3) is 0.214. The molecule has 3 aromatic rings. The average molecular weight is 637 g/mol. The van der Waals surface area contributed by atoms with Crippen LogP contribution in [0.2, 0.25) is 10.0 Å². The van der Waals surface area contributed by atoms with E-state index in [0.29, 0.717) is 11.1 Å². The van der Waals surface area contributed by atoms with E-state index in [9.17, 15) is 27.6 Å². The number of carbonyl (C=O) groups excluding carboxylic acids is 3. The molecule has 222 valence electrons. The van der Waals surface area contributed by atoms with Gasteiger partial charge in [0.15, 0.2) is 12.4 Å². The van der Waals surface area contributed by atoms with Gasteiger partial charge in [-0.1, -0.05) is 83.9 Å². The van der Waals surface area contributed by atoms with Crippen LogP contribution in [0.4, 0.5) is 4.79 Å². The zero-order chi connectivity index (χ0) is 30.7. The van der Waals surface area contributed by atoms with E-state index < -0.39 is 68.4 Å². The number of ether oxygens (including phenoxy) is 2. The van der Waals surface area contributed by atoms with Crippen molar-refractivity contribution in [1.82, 2.24) is 10.0 Å². The Morgan fingerprint density at radius 2 is 1.48 bits per heavy atom. The number of carboxylic acids is 1. The summed E-state index contributed by atoms with van der Waals surface area (Å²) in [5.74, 6) is -3.27. The number of alkyl carbamates (subject to hydrolysis) is 1.